The van der Waals surface area contributed by atoms with Crippen LogP contribution >= 0.6 is 11.6 Å². The molecule has 7 heteroatoms. The van der Waals surface area contributed by atoms with Gasteiger partial charge >= 0.3 is 0 Å². The summed E-state index contributed by atoms with van der Waals surface area (Å²) in [6.45, 7) is 4.69. The molecular formula is C22H27ClN2O3S. The van der Waals surface area contributed by atoms with Gasteiger partial charge in [0.05, 0.1) is 16.9 Å². The van der Waals surface area contributed by atoms with E-state index >= 15 is 0 Å². The van der Waals surface area contributed by atoms with Gasteiger partial charge in [-0.25, -0.2) is 8.42 Å². The van der Waals surface area contributed by atoms with E-state index in [1.807, 2.05) is 38.1 Å². The molecule has 1 heterocycles. The van der Waals surface area contributed by atoms with Crippen LogP contribution < -0.4 is 5.32 Å². The van der Waals surface area contributed by atoms with Gasteiger partial charge in [0.15, 0.2) is 0 Å². The lowest BCUT2D eigenvalue weighted by molar-refractivity contribution is -0.126. The van der Waals surface area contributed by atoms with Gasteiger partial charge in [-0.2, -0.15) is 4.31 Å². The van der Waals surface area contributed by atoms with Crippen molar-refractivity contribution in [2.24, 2.45) is 5.92 Å². The topological polar surface area (TPSA) is 66.5 Å². The summed E-state index contributed by atoms with van der Waals surface area (Å²) in [5.41, 5.74) is 2.24. The van der Waals surface area contributed by atoms with E-state index in [4.69, 9.17) is 11.6 Å². The van der Waals surface area contributed by atoms with Gasteiger partial charge in [-0.1, -0.05) is 42.8 Å². The van der Waals surface area contributed by atoms with Crippen molar-refractivity contribution in [1.29, 1.82) is 0 Å². The average molecular weight is 435 g/mol. The Bertz CT molecular complexity index is 960. The highest BCUT2D eigenvalue weighted by atomic mass is 35.5. The highest BCUT2D eigenvalue weighted by molar-refractivity contribution is 7.89. The van der Waals surface area contributed by atoms with E-state index in [1.54, 1.807) is 12.1 Å². The molecule has 0 aliphatic carbocycles. The van der Waals surface area contributed by atoms with Crippen LogP contribution in [0.3, 0.4) is 0 Å². The maximum absolute atomic E-state index is 13.0. The maximum atomic E-state index is 13.0. The van der Waals surface area contributed by atoms with Gasteiger partial charge < -0.3 is 5.32 Å². The minimum atomic E-state index is -3.64. The van der Waals surface area contributed by atoms with E-state index in [9.17, 15) is 13.2 Å². The molecule has 0 radical (unpaired) electrons. The lowest BCUT2D eigenvalue weighted by atomic mass is 9.95. The van der Waals surface area contributed by atoms with Crippen LogP contribution in [0.4, 0.5) is 0 Å². The average Bonchev–Trinajstić information content (AvgIpc) is 2.73. The second-order valence-corrected chi connectivity index (χ2v) is 9.86. The van der Waals surface area contributed by atoms with Crippen molar-refractivity contribution in [2.75, 3.05) is 13.1 Å². The van der Waals surface area contributed by atoms with Gasteiger partial charge in [0.1, 0.15) is 0 Å². The van der Waals surface area contributed by atoms with E-state index in [2.05, 4.69) is 5.32 Å². The summed E-state index contributed by atoms with van der Waals surface area (Å²) in [7, 11) is -3.64. The number of rotatable bonds is 6. The van der Waals surface area contributed by atoms with Crippen LogP contribution in [0.25, 0.3) is 0 Å². The molecule has 1 fully saturated rings. The Hall–Kier alpha value is -1.89. The van der Waals surface area contributed by atoms with Crippen molar-refractivity contribution in [2.45, 2.75) is 44.0 Å². The molecular weight excluding hydrogens is 408 g/mol. The van der Waals surface area contributed by atoms with E-state index in [1.165, 1.54) is 16.4 Å². The molecule has 0 unspecified atom stereocenters. The SMILES string of the molecule is CC[C@@H](NC(=O)[C@@H]1CCCN(S(=O)(=O)c2ccc(Cl)cc2)C1)c1ccccc1C. The summed E-state index contributed by atoms with van der Waals surface area (Å²) in [6.07, 6.45) is 2.12. The van der Waals surface area contributed by atoms with Crippen LogP contribution in [0.5, 0.6) is 0 Å². The van der Waals surface area contributed by atoms with Gasteiger partial charge in [-0.05, 0) is 61.6 Å². The number of carbonyl (C=O) groups excluding carboxylic acids is 1. The van der Waals surface area contributed by atoms with Gasteiger partial charge in [0, 0.05) is 18.1 Å². The fraction of sp³-hybridized carbons (Fsp3) is 0.409. The Morgan fingerprint density at radius 1 is 1.21 bits per heavy atom. The number of halogens is 1. The van der Waals surface area contributed by atoms with Crippen LogP contribution in [-0.2, 0) is 14.8 Å². The largest absolute Gasteiger partial charge is 0.349 e. The molecule has 1 amide bonds. The first kappa shape index (κ1) is 21.8. The summed E-state index contributed by atoms with van der Waals surface area (Å²) in [6, 6.07) is 14.1. The second kappa shape index (κ2) is 9.28. The van der Waals surface area contributed by atoms with E-state index in [0.29, 0.717) is 24.4 Å². The number of benzene rings is 2. The smallest absolute Gasteiger partial charge is 0.243 e. The van der Waals surface area contributed by atoms with Gasteiger partial charge in [-0.15, -0.1) is 0 Å². The van der Waals surface area contributed by atoms with Crippen molar-refractivity contribution in [3.05, 3.63) is 64.7 Å². The van der Waals surface area contributed by atoms with Crippen molar-refractivity contribution < 1.29 is 13.2 Å². The molecule has 5 nitrogen and oxygen atoms in total. The molecule has 2 atom stereocenters. The molecule has 2 aromatic carbocycles. The molecule has 0 saturated carbocycles. The third-order valence-corrected chi connectivity index (χ3v) is 7.63. The van der Waals surface area contributed by atoms with E-state index in [-0.39, 0.29) is 29.3 Å². The lowest BCUT2D eigenvalue weighted by Crippen LogP contribution is -2.46. The van der Waals surface area contributed by atoms with Crippen LogP contribution in [0.2, 0.25) is 5.02 Å². The van der Waals surface area contributed by atoms with Gasteiger partial charge in [0.25, 0.3) is 0 Å². The van der Waals surface area contributed by atoms with Crippen LogP contribution in [0, 0.1) is 12.8 Å². The number of hydrogen-bond acceptors (Lipinski definition) is 3. The number of carbonyl (C=O) groups is 1. The number of sulfonamides is 1. The molecule has 1 saturated heterocycles. The summed E-state index contributed by atoms with van der Waals surface area (Å²) < 4.78 is 27.3. The molecule has 29 heavy (non-hydrogen) atoms. The number of amides is 1. The second-order valence-electron chi connectivity index (χ2n) is 7.48. The van der Waals surface area contributed by atoms with Crippen molar-refractivity contribution in [3.8, 4) is 0 Å². The number of aryl methyl sites for hydroxylation is 1. The summed E-state index contributed by atoms with van der Waals surface area (Å²) in [5, 5.41) is 3.62. The maximum Gasteiger partial charge on any atom is 0.243 e. The van der Waals surface area contributed by atoms with Crippen molar-refractivity contribution in [3.63, 3.8) is 0 Å². The first-order chi connectivity index (χ1) is 13.8. The van der Waals surface area contributed by atoms with E-state index in [0.717, 1.165) is 17.5 Å². The highest BCUT2D eigenvalue weighted by Gasteiger charge is 2.34. The van der Waals surface area contributed by atoms with Crippen LogP contribution in [0.15, 0.2) is 53.4 Å². The standard InChI is InChI=1S/C22H27ClN2O3S/c1-3-21(20-9-5-4-7-16(20)2)24-22(26)17-8-6-14-25(15-17)29(27,28)19-12-10-18(23)11-13-19/h4-5,7,9-13,17,21H,3,6,8,14-15H2,1-2H3,(H,24,26)/t17-,21-/m1/s1. The minimum absolute atomic E-state index is 0.0769. The zero-order valence-corrected chi connectivity index (χ0v) is 18.3. The highest BCUT2D eigenvalue weighted by Crippen LogP contribution is 2.26. The first-order valence-corrected chi connectivity index (χ1v) is 11.8. The monoisotopic (exact) mass is 434 g/mol. The molecule has 1 N–H and O–H groups in total. The van der Waals surface area contributed by atoms with Crippen molar-refractivity contribution in [1.82, 2.24) is 9.62 Å². The third kappa shape index (κ3) is 5.00. The molecule has 0 bridgehead atoms. The quantitative estimate of drug-likeness (QED) is 0.736. The molecule has 2 aromatic rings. The van der Waals surface area contributed by atoms with E-state index < -0.39 is 10.0 Å². The Kier molecular flexibility index (Phi) is 6.98. The zero-order chi connectivity index (χ0) is 21.0. The summed E-state index contributed by atoms with van der Waals surface area (Å²) in [5.74, 6) is -0.444. The summed E-state index contributed by atoms with van der Waals surface area (Å²) >= 11 is 5.87. The Balaban J connectivity index is 1.72. The Morgan fingerprint density at radius 3 is 2.55 bits per heavy atom. The molecule has 0 aromatic heterocycles. The predicted molar refractivity (Wildman–Crippen MR) is 115 cm³/mol. The Morgan fingerprint density at radius 2 is 1.90 bits per heavy atom. The van der Waals surface area contributed by atoms with Crippen molar-refractivity contribution >= 4 is 27.5 Å². The van der Waals surface area contributed by atoms with Crippen LogP contribution in [-0.4, -0.2) is 31.7 Å². The molecule has 1 aliphatic rings. The van der Waals surface area contributed by atoms with Gasteiger partial charge in [0.2, 0.25) is 15.9 Å². The lowest BCUT2D eigenvalue weighted by Gasteiger charge is -2.32. The number of hydrogen-bond donors (Lipinski definition) is 1. The number of piperidine rings is 1. The fourth-order valence-corrected chi connectivity index (χ4v) is 5.45. The Labute approximate surface area is 178 Å². The molecule has 3 rings (SSSR count). The fourth-order valence-electron chi connectivity index (χ4n) is 3.80. The first-order valence-electron chi connectivity index (χ1n) is 9.94. The van der Waals surface area contributed by atoms with Crippen LogP contribution in [0.1, 0.15) is 43.4 Å². The normalized spacial score (nSPS) is 18.9. The molecule has 0 spiro atoms. The number of nitrogens with zero attached hydrogens (tertiary/aromatic N) is 1. The predicted octanol–water partition coefficient (Wildman–Crippen LogP) is 4.32. The zero-order valence-electron chi connectivity index (χ0n) is 16.8. The minimum Gasteiger partial charge on any atom is -0.349 e. The third-order valence-electron chi connectivity index (χ3n) is 5.49. The van der Waals surface area contributed by atoms with Gasteiger partial charge in [-0.3, -0.25) is 4.79 Å². The number of nitrogens with one attached hydrogen (secondary N) is 1. The molecule has 156 valence electrons. The molecule has 1 aliphatic heterocycles. The summed E-state index contributed by atoms with van der Waals surface area (Å²) in [4.78, 5) is 13.2.